The minimum absolute atomic E-state index is 0.0900. The van der Waals surface area contributed by atoms with Gasteiger partial charge in [-0.3, -0.25) is 0 Å². The molecule has 0 aromatic heterocycles. The standard InChI is InChI=1S/C12H10FNO4S/c1-17-9-3-2-7(6-8(9)13)11-12-10(18-14-11)4-5-19(12,15)16/h2-6,10,12H,1H3. The maximum atomic E-state index is 13.7. The number of hydrogen-bond acceptors (Lipinski definition) is 5. The Balaban J connectivity index is 2.02. The highest BCUT2D eigenvalue weighted by molar-refractivity contribution is 7.96. The number of methoxy groups -OCH3 is 1. The van der Waals surface area contributed by atoms with Crippen LogP contribution in [0.5, 0.6) is 5.75 Å². The lowest BCUT2D eigenvalue weighted by molar-refractivity contribution is 0.123. The van der Waals surface area contributed by atoms with E-state index in [1.165, 1.54) is 25.3 Å². The maximum Gasteiger partial charge on any atom is 0.184 e. The molecule has 19 heavy (non-hydrogen) atoms. The zero-order valence-corrected chi connectivity index (χ0v) is 10.7. The molecule has 0 N–H and O–H groups in total. The molecule has 0 radical (unpaired) electrons. The van der Waals surface area contributed by atoms with Gasteiger partial charge in [-0.15, -0.1) is 0 Å². The van der Waals surface area contributed by atoms with Crippen LogP contribution in [0.25, 0.3) is 0 Å². The Morgan fingerprint density at radius 2 is 2.21 bits per heavy atom. The van der Waals surface area contributed by atoms with Gasteiger partial charge in [0.15, 0.2) is 32.8 Å². The minimum Gasteiger partial charge on any atom is -0.494 e. The lowest BCUT2D eigenvalue weighted by Crippen LogP contribution is -2.31. The van der Waals surface area contributed by atoms with Crippen molar-refractivity contribution in [1.29, 1.82) is 0 Å². The summed E-state index contributed by atoms with van der Waals surface area (Å²) >= 11 is 0. The van der Waals surface area contributed by atoms with Crippen LogP contribution < -0.4 is 4.74 Å². The largest absolute Gasteiger partial charge is 0.494 e. The van der Waals surface area contributed by atoms with Crippen molar-refractivity contribution in [3.8, 4) is 5.75 Å². The van der Waals surface area contributed by atoms with Crippen LogP contribution in [0.1, 0.15) is 5.56 Å². The van der Waals surface area contributed by atoms with E-state index in [0.29, 0.717) is 5.56 Å². The summed E-state index contributed by atoms with van der Waals surface area (Å²) in [7, 11) is -2.08. The van der Waals surface area contributed by atoms with Crippen LogP contribution in [0, 0.1) is 5.82 Å². The first-order chi connectivity index (χ1) is 9.03. The molecule has 2 heterocycles. The Morgan fingerprint density at radius 1 is 1.42 bits per heavy atom. The summed E-state index contributed by atoms with van der Waals surface area (Å²) in [5.41, 5.74) is 0.592. The van der Waals surface area contributed by atoms with E-state index in [1.54, 1.807) is 6.07 Å². The average molecular weight is 283 g/mol. The van der Waals surface area contributed by atoms with Crippen molar-refractivity contribution >= 4 is 15.5 Å². The first kappa shape index (κ1) is 12.2. The highest BCUT2D eigenvalue weighted by Crippen LogP contribution is 2.31. The SMILES string of the molecule is COc1ccc(C2=NOC3C=CS(=O)(=O)C23)cc1F. The van der Waals surface area contributed by atoms with Gasteiger partial charge in [0.05, 0.1) is 7.11 Å². The quantitative estimate of drug-likeness (QED) is 0.819. The molecule has 0 spiro atoms. The molecule has 2 atom stereocenters. The molecule has 0 bridgehead atoms. The lowest BCUT2D eigenvalue weighted by atomic mass is 10.0. The van der Waals surface area contributed by atoms with Crippen LogP contribution in [0.4, 0.5) is 4.39 Å². The van der Waals surface area contributed by atoms with Gasteiger partial charge in [-0.25, -0.2) is 12.8 Å². The number of nitrogens with zero attached hydrogens (tertiary/aromatic N) is 1. The zero-order valence-electron chi connectivity index (χ0n) is 9.91. The highest BCUT2D eigenvalue weighted by Gasteiger charge is 2.46. The van der Waals surface area contributed by atoms with E-state index in [2.05, 4.69) is 5.16 Å². The second-order valence-electron chi connectivity index (χ2n) is 4.23. The molecular formula is C12H10FNO4S. The van der Waals surface area contributed by atoms with E-state index in [9.17, 15) is 12.8 Å². The molecule has 0 saturated carbocycles. The summed E-state index contributed by atoms with van der Waals surface area (Å²) in [5.74, 6) is -0.485. The Kier molecular flexibility index (Phi) is 2.60. The zero-order chi connectivity index (χ0) is 13.6. The molecule has 2 aliphatic heterocycles. The van der Waals surface area contributed by atoms with Crippen LogP contribution in [0.2, 0.25) is 0 Å². The molecule has 1 aromatic rings. The van der Waals surface area contributed by atoms with E-state index in [0.717, 1.165) is 5.41 Å². The third-order valence-electron chi connectivity index (χ3n) is 3.10. The van der Waals surface area contributed by atoms with Crippen molar-refractivity contribution < 1.29 is 22.4 Å². The van der Waals surface area contributed by atoms with E-state index in [4.69, 9.17) is 9.57 Å². The molecule has 1 aromatic carbocycles. The van der Waals surface area contributed by atoms with Gasteiger partial charge in [0.1, 0.15) is 5.71 Å². The molecule has 0 fully saturated rings. The molecule has 5 nitrogen and oxygen atoms in total. The fourth-order valence-corrected chi connectivity index (χ4v) is 3.72. The molecule has 2 aliphatic rings. The summed E-state index contributed by atoms with van der Waals surface area (Å²) in [4.78, 5) is 5.04. The van der Waals surface area contributed by atoms with E-state index in [-0.39, 0.29) is 11.5 Å². The first-order valence-corrected chi connectivity index (χ1v) is 7.13. The van der Waals surface area contributed by atoms with E-state index >= 15 is 0 Å². The van der Waals surface area contributed by atoms with Crippen molar-refractivity contribution in [3.05, 3.63) is 41.1 Å². The number of halogens is 1. The number of benzene rings is 1. The van der Waals surface area contributed by atoms with Crippen molar-refractivity contribution in [2.45, 2.75) is 11.4 Å². The third-order valence-corrected chi connectivity index (χ3v) is 4.84. The number of hydrogen-bond donors (Lipinski definition) is 0. The first-order valence-electron chi connectivity index (χ1n) is 5.52. The van der Waals surface area contributed by atoms with Gasteiger partial charge in [-0.2, -0.15) is 0 Å². The van der Waals surface area contributed by atoms with Gasteiger partial charge < -0.3 is 9.57 Å². The smallest absolute Gasteiger partial charge is 0.184 e. The Morgan fingerprint density at radius 3 is 2.89 bits per heavy atom. The summed E-state index contributed by atoms with van der Waals surface area (Å²) in [5, 5.41) is 3.98. The molecule has 0 aliphatic carbocycles. The second kappa shape index (κ2) is 4.06. The van der Waals surface area contributed by atoms with Gasteiger partial charge in [0.2, 0.25) is 0 Å². The number of fused-ring (bicyclic) bond motifs is 1. The third kappa shape index (κ3) is 1.81. The number of rotatable bonds is 2. The molecule has 2 unspecified atom stereocenters. The van der Waals surface area contributed by atoms with E-state index < -0.39 is 27.0 Å². The Bertz CT molecular complexity index is 696. The molecule has 0 saturated heterocycles. The van der Waals surface area contributed by atoms with Crippen LogP contribution >= 0.6 is 0 Å². The number of ether oxygens (including phenoxy) is 1. The van der Waals surface area contributed by atoms with Crippen LogP contribution in [0.15, 0.2) is 34.8 Å². The fourth-order valence-electron chi connectivity index (χ4n) is 2.17. The minimum atomic E-state index is -3.44. The van der Waals surface area contributed by atoms with Crippen LogP contribution in [-0.4, -0.2) is 32.6 Å². The monoisotopic (exact) mass is 283 g/mol. The van der Waals surface area contributed by atoms with Crippen molar-refractivity contribution in [1.82, 2.24) is 0 Å². The Hall–Kier alpha value is -1.89. The van der Waals surface area contributed by atoms with Crippen molar-refractivity contribution in [3.63, 3.8) is 0 Å². The molecular weight excluding hydrogens is 273 g/mol. The summed E-state index contributed by atoms with van der Waals surface area (Å²) < 4.78 is 42.2. The van der Waals surface area contributed by atoms with Crippen molar-refractivity contribution in [2.24, 2.45) is 5.16 Å². The number of sulfone groups is 1. The second-order valence-corrected chi connectivity index (χ2v) is 6.19. The fraction of sp³-hybridized carbons (Fsp3) is 0.250. The van der Waals surface area contributed by atoms with Gasteiger partial charge in [0.25, 0.3) is 0 Å². The summed E-state index contributed by atoms with van der Waals surface area (Å²) in [6, 6.07) is 4.17. The Labute approximate surface area is 109 Å². The van der Waals surface area contributed by atoms with Gasteiger partial charge in [-0.05, 0) is 24.3 Å². The predicted molar refractivity (Wildman–Crippen MR) is 66.2 cm³/mol. The summed E-state index contributed by atoms with van der Waals surface area (Å²) in [6.07, 6.45) is 0.821. The van der Waals surface area contributed by atoms with Gasteiger partial charge in [0, 0.05) is 11.0 Å². The highest BCUT2D eigenvalue weighted by atomic mass is 32.2. The normalized spacial score (nSPS) is 26.7. The summed E-state index contributed by atoms with van der Waals surface area (Å²) in [6.45, 7) is 0. The molecule has 100 valence electrons. The van der Waals surface area contributed by atoms with Gasteiger partial charge >= 0.3 is 0 Å². The molecule has 0 amide bonds. The molecule has 3 rings (SSSR count). The van der Waals surface area contributed by atoms with Crippen molar-refractivity contribution in [2.75, 3.05) is 7.11 Å². The maximum absolute atomic E-state index is 13.7. The number of oxime groups is 1. The van der Waals surface area contributed by atoms with E-state index in [1.807, 2.05) is 0 Å². The predicted octanol–water partition coefficient (Wildman–Crippen LogP) is 1.25. The molecule has 7 heteroatoms. The van der Waals surface area contributed by atoms with Crippen LogP contribution in [0.3, 0.4) is 0 Å². The van der Waals surface area contributed by atoms with Crippen LogP contribution in [-0.2, 0) is 14.7 Å². The average Bonchev–Trinajstić information content (AvgIpc) is 2.92. The lowest BCUT2D eigenvalue weighted by Gasteiger charge is -2.10. The van der Waals surface area contributed by atoms with Gasteiger partial charge in [-0.1, -0.05) is 5.16 Å². The topological polar surface area (TPSA) is 65.0 Å².